The first kappa shape index (κ1) is 11.9. The lowest BCUT2D eigenvalue weighted by Crippen LogP contribution is -2.23. The molecular formula is C16H14O3. The van der Waals surface area contributed by atoms with Crippen LogP contribution in [0.15, 0.2) is 41.5 Å². The summed E-state index contributed by atoms with van der Waals surface area (Å²) in [5, 5.41) is 10.2. The lowest BCUT2D eigenvalue weighted by molar-refractivity contribution is -0.111. The van der Waals surface area contributed by atoms with E-state index in [1.54, 1.807) is 30.3 Å². The molecule has 0 saturated heterocycles. The van der Waals surface area contributed by atoms with Crippen molar-refractivity contribution in [3.8, 4) is 0 Å². The van der Waals surface area contributed by atoms with Crippen LogP contribution in [0.1, 0.15) is 41.6 Å². The fraction of sp³-hybridized carbons (Fsp3) is 0.250. The Kier molecular flexibility index (Phi) is 2.82. The zero-order chi connectivity index (χ0) is 13.4. The first-order valence-corrected chi connectivity index (χ1v) is 6.49. The maximum absolute atomic E-state index is 12.1. The standard InChI is InChI=1S/C16H14O3/c17-14-11-7-3-4-8-12(11)15(18)16(19)13(14)9-10-5-1-2-6-10/h3-4,7-9,17H,1-2,5-6H2. The van der Waals surface area contributed by atoms with Crippen molar-refractivity contribution in [2.75, 3.05) is 0 Å². The Balaban J connectivity index is 2.15. The van der Waals surface area contributed by atoms with Gasteiger partial charge in [0.15, 0.2) is 0 Å². The molecule has 0 radical (unpaired) electrons. The van der Waals surface area contributed by atoms with Gasteiger partial charge in [0.05, 0.1) is 5.57 Å². The maximum Gasteiger partial charge on any atom is 0.237 e. The van der Waals surface area contributed by atoms with Gasteiger partial charge in [0.1, 0.15) is 5.76 Å². The van der Waals surface area contributed by atoms with E-state index in [2.05, 4.69) is 0 Å². The molecule has 1 aromatic carbocycles. The van der Waals surface area contributed by atoms with Crippen molar-refractivity contribution in [3.05, 3.63) is 52.6 Å². The zero-order valence-corrected chi connectivity index (χ0v) is 10.5. The minimum Gasteiger partial charge on any atom is -0.507 e. The Morgan fingerprint density at radius 1 is 0.947 bits per heavy atom. The summed E-state index contributed by atoms with van der Waals surface area (Å²) in [6.45, 7) is 0. The van der Waals surface area contributed by atoms with E-state index in [1.165, 1.54) is 0 Å². The number of fused-ring (bicyclic) bond motifs is 1. The molecule has 3 heteroatoms. The molecule has 2 aliphatic carbocycles. The largest absolute Gasteiger partial charge is 0.507 e. The summed E-state index contributed by atoms with van der Waals surface area (Å²) in [7, 11) is 0. The number of carbonyl (C=O) groups excluding carboxylic acids is 2. The summed E-state index contributed by atoms with van der Waals surface area (Å²) in [6, 6.07) is 6.68. The number of benzene rings is 1. The Morgan fingerprint density at radius 3 is 2.26 bits per heavy atom. The van der Waals surface area contributed by atoms with Crippen LogP contribution in [-0.4, -0.2) is 16.7 Å². The van der Waals surface area contributed by atoms with Crippen molar-refractivity contribution in [2.45, 2.75) is 25.7 Å². The number of rotatable bonds is 1. The molecule has 0 unspecified atom stereocenters. The topological polar surface area (TPSA) is 54.4 Å². The van der Waals surface area contributed by atoms with Gasteiger partial charge in [-0.1, -0.05) is 29.8 Å². The van der Waals surface area contributed by atoms with E-state index in [9.17, 15) is 14.7 Å². The summed E-state index contributed by atoms with van der Waals surface area (Å²) in [6.07, 6.45) is 5.81. The first-order chi connectivity index (χ1) is 9.18. The molecule has 0 heterocycles. The predicted octanol–water partition coefficient (Wildman–Crippen LogP) is 3.22. The number of hydrogen-bond donors (Lipinski definition) is 1. The molecule has 0 amide bonds. The fourth-order valence-electron chi connectivity index (χ4n) is 2.70. The van der Waals surface area contributed by atoms with Crippen molar-refractivity contribution in [1.82, 2.24) is 0 Å². The van der Waals surface area contributed by atoms with Crippen LogP contribution in [-0.2, 0) is 4.79 Å². The highest BCUT2D eigenvalue weighted by molar-refractivity contribution is 6.52. The molecule has 3 rings (SSSR count). The third-order valence-electron chi connectivity index (χ3n) is 3.73. The van der Waals surface area contributed by atoms with Gasteiger partial charge in [-0.3, -0.25) is 9.59 Å². The molecule has 1 N–H and O–H groups in total. The van der Waals surface area contributed by atoms with Gasteiger partial charge in [0.2, 0.25) is 11.6 Å². The Labute approximate surface area is 111 Å². The summed E-state index contributed by atoms with van der Waals surface area (Å²) in [4.78, 5) is 24.1. The lowest BCUT2D eigenvalue weighted by atomic mass is 9.87. The fourth-order valence-corrected chi connectivity index (χ4v) is 2.70. The van der Waals surface area contributed by atoms with Crippen molar-refractivity contribution in [3.63, 3.8) is 0 Å². The Morgan fingerprint density at radius 2 is 1.58 bits per heavy atom. The van der Waals surface area contributed by atoms with Crippen LogP contribution in [0, 0.1) is 0 Å². The molecule has 0 atom stereocenters. The molecule has 1 saturated carbocycles. The quantitative estimate of drug-likeness (QED) is 0.783. The number of ketones is 2. The number of aliphatic hydroxyl groups is 1. The van der Waals surface area contributed by atoms with Gasteiger partial charge in [0, 0.05) is 11.1 Å². The number of allylic oxidation sites excluding steroid dienone is 3. The molecule has 2 aliphatic rings. The highest BCUT2D eigenvalue weighted by Crippen LogP contribution is 2.31. The van der Waals surface area contributed by atoms with Crippen LogP contribution in [0.2, 0.25) is 0 Å². The number of carbonyl (C=O) groups is 2. The van der Waals surface area contributed by atoms with Crippen molar-refractivity contribution < 1.29 is 14.7 Å². The molecule has 0 spiro atoms. The number of aliphatic hydroxyl groups excluding tert-OH is 1. The second-order valence-electron chi connectivity index (χ2n) is 4.98. The molecule has 0 aliphatic heterocycles. The van der Waals surface area contributed by atoms with Crippen LogP contribution in [0.3, 0.4) is 0 Å². The summed E-state index contributed by atoms with van der Waals surface area (Å²) >= 11 is 0. The Bertz CT molecular complexity index is 627. The average molecular weight is 254 g/mol. The molecule has 19 heavy (non-hydrogen) atoms. The van der Waals surface area contributed by atoms with Crippen LogP contribution < -0.4 is 0 Å². The normalized spacial score (nSPS) is 18.8. The Hall–Kier alpha value is -2.16. The van der Waals surface area contributed by atoms with Gasteiger partial charge in [-0.2, -0.15) is 0 Å². The van der Waals surface area contributed by atoms with E-state index < -0.39 is 11.6 Å². The molecule has 0 aromatic heterocycles. The zero-order valence-electron chi connectivity index (χ0n) is 10.5. The maximum atomic E-state index is 12.1. The van der Waals surface area contributed by atoms with Gasteiger partial charge < -0.3 is 5.11 Å². The minimum atomic E-state index is -0.601. The smallest absolute Gasteiger partial charge is 0.237 e. The third kappa shape index (κ3) is 1.91. The summed E-state index contributed by atoms with van der Waals surface area (Å²) in [5.41, 5.74) is 2.04. The molecule has 0 bridgehead atoms. The highest BCUT2D eigenvalue weighted by atomic mass is 16.3. The summed E-state index contributed by atoms with van der Waals surface area (Å²) < 4.78 is 0. The van der Waals surface area contributed by atoms with Crippen LogP contribution in [0.4, 0.5) is 0 Å². The summed E-state index contributed by atoms with van der Waals surface area (Å²) in [5.74, 6) is -1.20. The van der Waals surface area contributed by atoms with Crippen molar-refractivity contribution >= 4 is 17.3 Å². The molecular weight excluding hydrogens is 240 g/mol. The predicted molar refractivity (Wildman–Crippen MR) is 71.9 cm³/mol. The van der Waals surface area contributed by atoms with Gasteiger partial charge in [-0.05, 0) is 31.8 Å². The van der Waals surface area contributed by atoms with Gasteiger partial charge in [-0.15, -0.1) is 0 Å². The van der Waals surface area contributed by atoms with Crippen molar-refractivity contribution in [2.24, 2.45) is 0 Å². The lowest BCUT2D eigenvalue weighted by Gasteiger charge is -2.16. The monoisotopic (exact) mass is 254 g/mol. The SMILES string of the molecule is O=C1C(=O)c2ccccc2C(O)=C1C=C1CCCC1. The van der Waals surface area contributed by atoms with E-state index in [0.717, 1.165) is 31.3 Å². The molecule has 96 valence electrons. The van der Waals surface area contributed by atoms with E-state index in [0.29, 0.717) is 11.1 Å². The van der Waals surface area contributed by atoms with E-state index in [-0.39, 0.29) is 11.3 Å². The number of Topliss-reactive ketones (excluding diaryl/α,β-unsaturated/α-hetero) is 2. The van der Waals surface area contributed by atoms with E-state index in [1.807, 2.05) is 0 Å². The van der Waals surface area contributed by atoms with Gasteiger partial charge >= 0.3 is 0 Å². The minimum absolute atomic E-state index is 0.0698. The van der Waals surface area contributed by atoms with Gasteiger partial charge in [0.25, 0.3) is 0 Å². The first-order valence-electron chi connectivity index (χ1n) is 6.49. The molecule has 1 fully saturated rings. The van der Waals surface area contributed by atoms with Gasteiger partial charge in [-0.25, -0.2) is 0 Å². The van der Waals surface area contributed by atoms with E-state index in [4.69, 9.17) is 0 Å². The third-order valence-corrected chi connectivity index (χ3v) is 3.73. The average Bonchev–Trinajstić information content (AvgIpc) is 2.94. The second kappa shape index (κ2) is 4.50. The van der Waals surface area contributed by atoms with Crippen LogP contribution >= 0.6 is 0 Å². The van der Waals surface area contributed by atoms with Crippen molar-refractivity contribution in [1.29, 1.82) is 0 Å². The second-order valence-corrected chi connectivity index (χ2v) is 4.98. The number of hydrogen-bond acceptors (Lipinski definition) is 3. The van der Waals surface area contributed by atoms with E-state index >= 15 is 0 Å². The van der Waals surface area contributed by atoms with Crippen LogP contribution in [0.25, 0.3) is 5.76 Å². The molecule has 3 nitrogen and oxygen atoms in total. The van der Waals surface area contributed by atoms with Crippen LogP contribution in [0.5, 0.6) is 0 Å². The highest BCUT2D eigenvalue weighted by Gasteiger charge is 2.31. The molecule has 1 aromatic rings.